The zero-order valence-electron chi connectivity index (χ0n) is 20.0. The van der Waals surface area contributed by atoms with Crippen molar-refractivity contribution in [3.8, 4) is 5.75 Å². The van der Waals surface area contributed by atoms with Gasteiger partial charge in [-0.15, -0.1) is 11.3 Å². The van der Waals surface area contributed by atoms with E-state index in [2.05, 4.69) is 20.8 Å². The van der Waals surface area contributed by atoms with Gasteiger partial charge in [-0.1, -0.05) is 51.1 Å². The van der Waals surface area contributed by atoms with Crippen molar-refractivity contribution in [2.24, 2.45) is 0 Å². The topological polar surface area (TPSA) is 66.8 Å². The number of amides is 1. The maximum atomic E-state index is 13.4. The van der Waals surface area contributed by atoms with E-state index >= 15 is 0 Å². The fraction of sp³-hybridized carbons (Fsp3) is 0.286. The molecule has 0 saturated carbocycles. The summed E-state index contributed by atoms with van der Waals surface area (Å²) in [7, 11) is 0. The standard InChI is InChI=1S/C28H29NO4S/c1-17(2)33-21-14-12-20(13-15-21)29-24(18-8-10-19(11-9-18)28(3,4)5)23(26(31)27(29)32)25(30)22-7-6-16-34-22/h6-17,24,31H,1-5H3. The van der Waals surface area contributed by atoms with Gasteiger partial charge in [0.15, 0.2) is 5.76 Å². The summed E-state index contributed by atoms with van der Waals surface area (Å²) < 4.78 is 5.73. The molecule has 0 bridgehead atoms. The number of aliphatic hydroxyl groups excluding tert-OH is 1. The van der Waals surface area contributed by atoms with Gasteiger partial charge in [-0.05, 0) is 66.1 Å². The molecular weight excluding hydrogens is 446 g/mol. The summed E-state index contributed by atoms with van der Waals surface area (Å²) >= 11 is 1.29. The molecule has 4 rings (SSSR count). The van der Waals surface area contributed by atoms with E-state index in [1.807, 2.05) is 38.1 Å². The maximum absolute atomic E-state index is 13.4. The summed E-state index contributed by atoms with van der Waals surface area (Å²) in [6, 6.07) is 17.8. The number of carbonyl (C=O) groups is 2. The molecule has 6 heteroatoms. The van der Waals surface area contributed by atoms with Crippen LogP contribution in [-0.4, -0.2) is 22.9 Å². The molecule has 1 aliphatic rings. The summed E-state index contributed by atoms with van der Waals surface area (Å²) in [6.45, 7) is 10.3. The van der Waals surface area contributed by atoms with E-state index in [0.717, 1.165) is 11.1 Å². The molecule has 0 radical (unpaired) electrons. The van der Waals surface area contributed by atoms with E-state index in [4.69, 9.17) is 4.74 Å². The molecule has 5 nitrogen and oxygen atoms in total. The van der Waals surface area contributed by atoms with Crippen molar-refractivity contribution in [1.82, 2.24) is 0 Å². The fourth-order valence-electron chi connectivity index (χ4n) is 4.08. The summed E-state index contributed by atoms with van der Waals surface area (Å²) in [5.74, 6) is -0.760. The lowest BCUT2D eigenvalue weighted by Crippen LogP contribution is -2.31. The number of Topliss-reactive ketones (excluding diaryl/α,β-unsaturated/α-hetero) is 1. The summed E-state index contributed by atoms with van der Waals surface area (Å²) in [5.41, 5.74) is 2.53. The van der Waals surface area contributed by atoms with Gasteiger partial charge in [0.1, 0.15) is 5.75 Å². The molecule has 0 aliphatic carbocycles. The number of thiophene rings is 1. The third-order valence-corrected chi connectivity index (χ3v) is 6.65. The quantitative estimate of drug-likeness (QED) is 0.407. The average Bonchev–Trinajstić information content (AvgIpc) is 3.41. The number of ether oxygens (including phenoxy) is 1. The third kappa shape index (κ3) is 4.50. The highest BCUT2D eigenvalue weighted by Crippen LogP contribution is 2.43. The summed E-state index contributed by atoms with van der Waals surface area (Å²) in [5, 5.41) is 12.7. The van der Waals surface area contributed by atoms with Gasteiger partial charge in [-0.3, -0.25) is 14.5 Å². The van der Waals surface area contributed by atoms with E-state index in [0.29, 0.717) is 16.3 Å². The molecule has 1 aromatic heterocycles. The molecule has 2 heterocycles. The van der Waals surface area contributed by atoms with Gasteiger partial charge in [-0.2, -0.15) is 0 Å². The van der Waals surface area contributed by atoms with Gasteiger partial charge >= 0.3 is 0 Å². The van der Waals surface area contributed by atoms with Crippen LogP contribution in [-0.2, 0) is 10.2 Å². The van der Waals surface area contributed by atoms with E-state index in [-0.39, 0.29) is 22.9 Å². The Labute approximate surface area is 204 Å². The minimum atomic E-state index is -0.743. The smallest absolute Gasteiger partial charge is 0.294 e. The monoisotopic (exact) mass is 475 g/mol. The molecule has 0 saturated heterocycles. The highest BCUT2D eigenvalue weighted by molar-refractivity contribution is 7.12. The number of hydrogen-bond donors (Lipinski definition) is 1. The Kier molecular flexibility index (Phi) is 6.36. The molecule has 1 aliphatic heterocycles. The van der Waals surface area contributed by atoms with Gasteiger partial charge < -0.3 is 9.84 Å². The number of anilines is 1. The second-order valence-corrected chi connectivity index (χ2v) is 10.6. The summed E-state index contributed by atoms with van der Waals surface area (Å²) in [4.78, 5) is 28.7. The Balaban J connectivity index is 1.80. The zero-order chi connectivity index (χ0) is 24.6. The van der Waals surface area contributed by atoms with Crippen LogP contribution in [0.2, 0.25) is 0 Å². The average molecular weight is 476 g/mol. The molecule has 34 heavy (non-hydrogen) atoms. The van der Waals surface area contributed by atoms with Crippen LogP contribution in [0.3, 0.4) is 0 Å². The lowest BCUT2D eigenvalue weighted by Gasteiger charge is -2.28. The highest BCUT2D eigenvalue weighted by Gasteiger charge is 2.44. The van der Waals surface area contributed by atoms with Crippen LogP contribution >= 0.6 is 11.3 Å². The van der Waals surface area contributed by atoms with E-state index in [9.17, 15) is 14.7 Å². The maximum Gasteiger partial charge on any atom is 0.294 e. The van der Waals surface area contributed by atoms with Gasteiger partial charge in [0.2, 0.25) is 5.78 Å². The minimum absolute atomic E-state index is 0.0223. The van der Waals surface area contributed by atoms with Crippen LogP contribution in [0.15, 0.2) is 77.4 Å². The number of carbonyl (C=O) groups excluding carboxylic acids is 2. The van der Waals surface area contributed by atoms with Gasteiger partial charge in [0, 0.05) is 5.69 Å². The molecule has 1 unspecified atom stereocenters. The van der Waals surface area contributed by atoms with Crippen LogP contribution in [0.25, 0.3) is 0 Å². The molecule has 2 aromatic carbocycles. The van der Waals surface area contributed by atoms with Gasteiger partial charge in [-0.25, -0.2) is 0 Å². The Morgan fingerprint density at radius 2 is 1.68 bits per heavy atom. The Hall–Kier alpha value is -3.38. The Morgan fingerprint density at radius 1 is 1.03 bits per heavy atom. The largest absolute Gasteiger partial charge is 0.503 e. The second kappa shape index (κ2) is 9.11. The van der Waals surface area contributed by atoms with Gasteiger partial charge in [0.25, 0.3) is 5.91 Å². The Morgan fingerprint density at radius 3 is 2.21 bits per heavy atom. The number of hydrogen-bond acceptors (Lipinski definition) is 5. The SMILES string of the molecule is CC(C)Oc1ccc(N2C(=O)C(O)=C(C(=O)c3cccs3)C2c2ccc(C(C)(C)C)cc2)cc1. The molecule has 3 aromatic rings. The molecule has 1 N–H and O–H groups in total. The van der Waals surface area contributed by atoms with Crippen molar-refractivity contribution >= 4 is 28.7 Å². The van der Waals surface area contributed by atoms with Crippen molar-refractivity contribution in [1.29, 1.82) is 0 Å². The molecule has 1 atom stereocenters. The second-order valence-electron chi connectivity index (χ2n) is 9.68. The number of rotatable bonds is 6. The van der Waals surface area contributed by atoms with Crippen molar-refractivity contribution in [3.05, 3.63) is 93.4 Å². The van der Waals surface area contributed by atoms with Crippen LogP contribution in [0, 0.1) is 0 Å². The lowest BCUT2D eigenvalue weighted by molar-refractivity contribution is -0.117. The number of aliphatic hydroxyl groups is 1. The predicted molar refractivity (Wildman–Crippen MR) is 136 cm³/mol. The summed E-state index contributed by atoms with van der Waals surface area (Å²) in [6.07, 6.45) is 0.0223. The highest BCUT2D eigenvalue weighted by atomic mass is 32.1. The van der Waals surface area contributed by atoms with Crippen molar-refractivity contribution in [2.75, 3.05) is 4.90 Å². The Bertz CT molecular complexity index is 1220. The van der Waals surface area contributed by atoms with Gasteiger partial charge in [0.05, 0.1) is 22.6 Å². The van der Waals surface area contributed by atoms with Crippen molar-refractivity contribution in [2.45, 2.75) is 52.2 Å². The minimum Gasteiger partial charge on any atom is -0.503 e. The van der Waals surface area contributed by atoms with E-state index in [1.54, 1.807) is 41.8 Å². The molecular formula is C28H29NO4S. The first-order valence-corrected chi connectivity index (χ1v) is 12.2. The fourth-order valence-corrected chi connectivity index (χ4v) is 4.76. The molecule has 1 amide bonds. The first-order valence-electron chi connectivity index (χ1n) is 11.3. The molecule has 0 spiro atoms. The molecule has 176 valence electrons. The number of nitrogens with zero attached hydrogens (tertiary/aromatic N) is 1. The molecule has 0 fully saturated rings. The van der Waals surface area contributed by atoms with Crippen molar-refractivity contribution in [3.63, 3.8) is 0 Å². The first-order chi connectivity index (χ1) is 16.1. The van der Waals surface area contributed by atoms with Crippen LogP contribution < -0.4 is 9.64 Å². The lowest BCUT2D eigenvalue weighted by atomic mass is 9.85. The first kappa shape index (κ1) is 23.8. The normalized spacial score (nSPS) is 16.5. The number of ketones is 1. The predicted octanol–water partition coefficient (Wildman–Crippen LogP) is 6.62. The van der Waals surface area contributed by atoms with Crippen LogP contribution in [0.4, 0.5) is 5.69 Å². The zero-order valence-corrected chi connectivity index (χ0v) is 20.8. The third-order valence-electron chi connectivity index (χ3n) is 5.78. The van der Waals surface area contributed by atoms with Crippen molar-refractivity contribution < 1.29 is 19.4 Å². The van der Waals surface area contributed by atoms with E-state index in [1.165, 1.54) is 16.2 Å². The van der Waals surface area contributed by atoms with E-state index < -0.39 is 17.7 Å². The number of benzene rings is 2. The van der Waals surface area contributed by atoms with Crippen LogP contribution in [0.1, 0.15) is 61.5 Å². The van der Waals surface area contributed by atoms with Crippen LogP contribution in [0.5, 0.6) is 5.75 Å².